The molecule has 1 atom stereocenters. The normalized spacial score (nSPS) is 11.8. The van der Waals surface area contributed by atoms with Crippen LogP contribution in [0.5, 0.6) is 0 Å². The molecule has 1 unspecified atom stereocenters. The zero-order valence-electron chi connectivity index (χ0n) is 16.0. The fraction of sp³-hybridized carbons (Fsp3) is 0.182. The Morgan fingerprint density at radius 2 is 1.69 bits per heavy atom. The van der Waals surface area contributed by atoms with Crippen molar-refractivity contribution in [1.29, 1.82) is 0 Å². The van der Waals surface area contributed by atoms with Gasteiger partial charge in [-0.15, -0.1) is 11.3 Å². The summed E-state index contributed by atoms with van der Waals surface area (Å²) in [6.07, 6.45) is 0. The molecule has 3 amide bonds. The summed E-state index contributed by atoms with van der Waals surface area (Å²) in [5, 5.41) is 6.95. The number of thiophene rings is 1. The minimum atomic E-state index is -0.533. The lowest BCUT2D eigenvalue weighted by atomic mass is 9.97. The van der Waals surface area contributed by atoms with E-state index in [0.717, 1.165) is 16.0 Å². The zero-order valence-corrected chi connectivity index (χ0v) is 16.8. The lowest BCUT2D eigenvalue weighted by Crippen LogP contribution is -2.44. The molecule has 0 saturated heterocycles. The molecule has 1 heterocycles. The van der Waals surface area contributed by atoms with Crippen molar-refractivity contribution in [2.75, 3.05) is 13.6 Å². The maximum Gasteiger partial charge on any atom is 0.321 e. The van der Waals surface area contributed by atoms with Crippen LogP contribution in [0.4, 0.5) is 9.18 Å². The number of urea groups is 1. The Balaban J connectivity index is 1.64. The van der Waals surface area contributed by atoms with Crippen molar-refractivity contribution in [2.24, 2.45) is 0 Å². The van der Waals surface area contributed by atoms with Crippen LogP contribution in [-0.2, 0) is 11.3 Å². The number of imide groups is 1. The van der Waals surface area contributed by atoms with E-state index in [0.29, 0.717) is 6.54 Å². The van der Waals surface area contributed by atoms with Gasteiger partial charge in [-0.2, -0.15) is 0 Å². The molecule has 0 aliphatic heterocycles. The third kappa shape index (κ3) is 5.97. The molecule has 0 aliphatic rings. The first-order valence-corrected chi connectivity index (χ1v) is 10.0. The Hall–Kier alpha value is -3.03. The number of carbonyl (C=O) groups excluding carboxylic acids is 2. The van der Waals surface area contributed by atoms with E-state index in [2.05, 4.69) is 10.6 Å². The van der Waals surface area contributed by atoms with Gasteiger partial charge in [0.1, 0.15) is 5.82 Å². The summed E-state index contributed by atoms with van der Waals surface area (Å²) in [5.74, 6) is -0.734. The van der Waals surface area contributed by atoms with Crippen LogP contribution < -0.4 is 10.6 Å². The van der Waals surface area contributed by atoms with Gasteiger partial charge in [0.25, 0.3) is 0 Å². The molecular formula is C22H22FN3O2S. The second kappa shape index (κ2) is 9.95. The summed E-state index contributed by atoms with van der Waals surface area (Å²) in [6.45, 7) is 0.373. The number of nitrogens with one attached hydrogen (secondary N) is 2. The van der Waals surface area contributed by atoms with Crippen LogP contribution in [-0.4, -0.2) is 30.4 Å². The van der Waals surface area contributed by atoms with Gasteiger partial charge in [-0.1, -0.05) is 48.5 Å². The first-order valence-electron chi connectivity index (χ1n) is 9.13. The van der Waals surface area contributed by atoms with Crippen LogP contribution in [0.1, 0.15) is 22.0 Å². The number of rotatable bonds is 7. The van der Waals surface area contributed by atoms with Crippen molar-refractivity contribution < 1.29 is 14.0 Å². The van der Waals surface area contributed by atoms with E-state index in [-0.39, 0.29) is 18.4 Å². The van der Waals surface area contributed by atoms with E-state index >= 15 is 0 Å². The molecule has 0 aliphatic carbocycles. The molecule has 0 radical (unpaired) electrons. The predicted octanol–water partition coefficient (Wildman–Crippen LogP) is 3.93. The van der Waals surface area contributed by atoms with Crippen LogP contribution in [0.3, 0.4) is 0 Å². The standard InChI is InChI=1S/C22H22FN3O2S/c1-26(15-20(27)25-22(28)24-14-19-8-5-13-29-19)21(16-6-3-2-4-7-16)17-9-11-18(23)12-10-17/h2-13,21H,14-15H2,1H3,(H2,24,25,27,28). The molecule has 5 nitrogen and oxygen atoms in total. The highest BCUT2D eigenvalue weighted by Gasteiger charge is 2.22. The summed E-state index contributed by atoms with van der Waals surface area (Å²) < 4.78 is 13.4. The second-order valence-corrected chi connectivity index (χ2v) is 7.62. The van der Waals surface area contributed by atoms with Crippen molar-refractivity contribution in [3.05, 3.63) is 93.9 Å². The summed E-state index contributed by atoms with van der Waals surface area (Å²) in [7, 11) is 1.80. The minimum Gasteiger partial charge on any atom is -0.333 e. The fourth-order valence-corrected chi connectivity index (χ4v) is 3.74. The number of likely N-dealkylation sites (N-methyl/N-ethyl adjacent to an activating group) is 1. The highest BCUT2D eigenvalue weighted by molar-refractivity contribution is 7.09. The van der Waals surface area contributed by atoms with Crippen LogP contribution in [0, 0.1) is 5.82 Å². The summed E-state index contributed by atoms with van der Waals surface area (Å²) in [4.78, 5) is 27.2. The van der Waals surface area contributed by atoms with Gasteiger partial charge in [-0.3, -0.25) is 15.0 Å². The van der Waals surface area contributed by atoms with E-state index in [1.54, 1.807) is 19.2 Å². The average molecular weight is 412 g/mol. The third-order valence-electron chi connectivity index (χ3n) is 4.39. The molecule has 0 bridgehead atoms. The maximum absolute atomic E-state index is 13.4. The molecule has 0 spiro atoms. The van der Waals surface area contributed by atoms with Gasteiger partial charge >= 0.3 is 6.03 Å². The first kappa shape index (κ1) is 20.7. The fourth-order valence-electron chi connectivity index (χ4n) is 3.09. The molecule has 29 heavy (non-hydrogen) atoms. The van der Waals surface area contributed by atoms with Gasteiger partial charge in [0.15, 0.2) is 0 Å². The predicted molar refractivity (Wildman–Crippen MR) is 112 cm³/mol. The molecule has 3 aromatic rings. The largest absolute Gasteiger partial charge is 0.333 e. The summed E-state index contributed by atoms with van der Waals surface area (Å²) in [6, 6.07) is 18.9. The average Bonchev–Trinajstić information content (AvgIpc) is 3.22. The Labute approximate surface area is 173 Å². The van der Waals surface area contributed by atoms with E-state index in [4.69, 9.17) is 0 Å². The van der Waals surface area contributed by atoms with Gasteiger partial charge in [-0.05, 0) is 41.8 Å². The minimum absolute atomic E-state index is 0.00333. The van der Waals surface area contributed by atoms with Crippen molar-refractivity contribution in [1.82, 2.24) is 15.5 Å². The van der Waals surface area contributed by atoms with E-state index in [1.807, 2.05) is 52.7 Å². The Bertz CT molecular complexity index is 930. The Morgan fingerprint density at radius 3 is 2.34 bits per heavy atom. The number of amides is 3. The SMILES string of the molecule is CN(CC(=O)NC(=O)NCc1cccs1)C(c1ccccc1)c1ccc(F)cc1. The van der Waals surface area contributed by atoms with Crippen molar-refractivity contribution in [3.8, 4) is 0 Å². The maximum atomic E-state index is 13.4. The Morgan fingerprint density at radius 1 is 1.00 bits per heavy atom. The van der Waals surface area contributed by atoms with Crippen molar-refractivity contribution in [3.63, 3.8) is 0 Å². The molecule has 3 rings (SSSR count). The number of halogens is 1. The zero-order chi connectivity index (χ0) is 20.6. The lowest BCUT2D eigenvalue weighted by molar-refractivity contribution is -0.121. The number of benzene rings is 2. The van der Waals surface area contributed by atoms with Gasteiger partial charge in [0.05, 0.1) is 19.1 Å². The topological polar surface area (TPSA) is 61.4 Å². The van der Waals surface area contributed by atoms with E-state index in [1.165, 1.54) is 23.5 Å². The molecule has 1 aromatic heterocycles. The second-order valence-electron chi connectivity index (χ2n) is 6.59. The van der Waals surface area contributed by atoms with Crippen molar-refractivity contribution in [2.45, 2.75) is 12.6 Å². The molecular weight excluding hydrogens is 389 g/mol. The van der Waals surface area contributed by atoms with E-state index < -0.39 is 11.9 Å². The van der Waals surface area contributed by atoms with Crippen LogP contribution in [0.2, 0.25) is 0 Å². The van der Waals surface area contributed by atoms with Gasteiger partial charge in [0.2, 0.25) is 5.91 Å². The Kier molecular flexibility index (Phi) is 7.10. The molecule has 0 fully saturated rings. The first-order chi connectivity index (χ1) is 14.0. The lowest BCUT2D eigenvalue weighted by Gasteiger charge is -2.28. The smallest absolute Gasteiger partial charge is 0.321 e. The van der Waals surface area contributed by atoms with Crippen molar-refractivity contribution >= 4 is 23.3 Å². The number of hydrogen-bond donors (Lipinski definition) is 2. The molecule has 0 saturated carbocycles. The molecule has 7 heteroatoms. The third-order valence-corrected chi connectivity index (χ3v) is 5.27. The number of carbonyl (C=O) groups is 2. The monoisotopic (exact) mass is 411 g/mol. The quantitative estimate of drug-likeness (QED) is 0.619. The van der Waals surface area contributed by atoms with Gasteiger partial charge < -0.3 is 5.32 Å². The number of nitrogens with zero attached hydrogens (tertiary/aromatic N) is 1. The van der Waals surface area contributed by atoms with Crippen LogP contribution >= 0.6 is 11.3 Å². The summed E-state index contributed by atoms with van der Waals surface area (Å²) in [5.41, 5.74) is 1.83. The van der Waals surface area contributed by atoms with E-state index in [9.17, 15) is 14.0 Å². The molecule has 2 aromatic carbocycles. The van der Waals surface area contributed by atoms with Crippen LogP contribution in [0.25, 0.3) is 0 Å². The molecule has 150 valence electrons. The van der Waals surface area contributed by atoms with Gasteiger partial charge in [-0.25, -0.2) is 9.18 Å². The highest BCUT2D eigenvalue weighted by atomic mass is 32.1. The van der Waals surface area contributed by atoms with Crippen LogP contribution in [0.15, 0.2) is 72.1 Å². The van der Waals surface area contributed by atoms with Gasteiger partial charge in [0, 0.05) is 4.88 Å². The summed E-state index contributed by atoms with van der Waals surface area (Å²) >= 11 is 1.53. The highest BCUT2D eigenvalue weighted by Crippen LogP contribution is 2.27. The number of hydrogen-bond acceptors (Lipinski definition) is 4. The molecule has 2 N–H and O–H groups in total.